The molecule has 2 saturated heterocycles. The zero-order valence-corrected chi connectivity index (χ0v) is 26.1. The average Bonchev–Trinajstić information content (AvgIpc) is 3.38. The average molecular weight is 580 g/mol. The first-order valence-corrected chi connectivity index (χ1v) is 14.7. The number of ether oxygens (including phenoxy) is 1. The molecule has 0 saturated carbocycles. The van der Waals surface area contributed by atoms with Gasteiger partial charge in [0.1, 0.15) is 24.2 Å². The molecular weight excluding hydrogens is 530 g/mol. The number of fused-ring (bicyclic) bond motifs is 1. The molecule has 0 spiro atoms. The summed E-state index contributed by atoms with van der Waals surface area (Å²) in [5.41, 5.74) is 0. The van der Waals surface area contributed by atoms with Crippen LogP contribution in [0.2, 0.25) is 0 Å². The fraction of sp³-hybridized carbons (Fsp3) is 0.793. The van der Waals surface area contributed by atoms with Crippen molar-refractivity contribution >= 4 is 35.5 Å². The van der Waals surface area contributed by atoms with Gasteiger partial charge in [0, 0.05) is 27.2 Å². The lowest BCUT2D eigenvalue weighted by Gasteiger charge is -2.37. The van der Waals surface area contributed by atoms with Gasteiger partial charge in [0.25, 0.3) is 5.91 Å². The van der Waals surface area contributed by atoms with Gasteiger partial charge in [-0.25, -0.2) is 0 Å². The van der Waals surface area contributed by atoms with Gasteiger partial charge in [0.05, 0.1) is 6.42 Å². The number of hydrogen-bond acceptors (Lipinski definition) is 7. The number of carbonyl (C=O) groups excluding carboxylic acids is 6. The Bertz CT molecular complexity index is 998. The van der Waals surface area contributed by atoms with E-state index in [-0.39, 0.29) is 37.1 Å². The van der Waals surface area contributed by atoms with Gasteiger partial charge >= 0.3 is 5.97 Å². The van der Waals surface area contributed by atoms with E-state index in [2.05, 4.69) is 10.6 Å². The van der Waals surface area contributed by atoms with E-state index in [0.717, 1.165) is 0 Å². The van der Waals surface area contributed by atoms with Crippen LogP contribution in [-0.4, -0.2) is 108 Å². The minimum atomic E-state index is -1.07. The molecule has 2 aliphatic rings. The lowest BCUT2D eigenvalue weighted by molar-refractivity contribution is -0.162. The largest absolute Gasteiger partial charge is 0.452 e. The molecule has 0 bridgehead atoms. The van der Waals surface area contributed by atoms with Crippen LogP contribution in [0.5, 0.6) is 0 Å². The van der Waals surface area contributed by atoms with Gasteiger partial charge in [0.15, 0.2) is 6.10 Å². The molecule has 0 aromatic carbocycles. The maximum Gasteiger partial charge on any atom is 0.308 e. The molecule has 0 aromatic rings. The molecule has 232 valence electrons. The predicted molar refractivity (Wildman–Crippen MR) is 152 cm³/mol. The predicted octanol–water partition coefficient (Wildman–Crippen LogP) is 0.926. The highest BCUT2D eigenvalue weighted by molar-refractivity contribution is 5.96. The van der Waals surface area contributed by atoms with Crippen LogP contribution in [0.1, 0.15) is 74.1 Å². The standard InChI is InChI=1S/C29H49N5O7/c1-16(2)15-21-27(38)34-14-10-11-20(34)26(37)31-23(17(3)4)28(39)33(9)24(18(5)6)29(40)32(8)19(7)25(36)30-13-12-22(35)41-21/h16-21,23-24H,10-15H2,1-9H3,(H,30,36)(H,31,37)/t19-,20-,21+,23-,24-/m0/s1. The van der Waals surface area contributed by atoms with E-state index in [4.69, 9.17) is 4.74 Å². The Balaban J connectivity index is 2.50. The first-order valence-electron chi connectivity index (χ1n) is 14.7. The normalized spacial score (nSPS) is 28.4. The third kappa shape index (κ3) is 8.42. The van der Waals surface area contributed by atoms with Crippen LogP contribution in [0.15, 0.2) is 0 Å². The monoisotopic (exact) mass is 579 g/mol. The maximum atomic E-state index is 13.8. The summed E-state index contributed by atoms with van der Waals surface area (Å²) in [4.78, 5) is 84.1. The van der Waals surface area contributed by atoms with E-state index in [1.54, 1.807) is 20.8 Å². The molecule has 2 N–H and O–H groups in total. The molecule has 2 aliphatic heterocycles. The highest BCUT2D eigenvalue weighted by Crippen LogP contribution is 2.23. The highest BCUT2D eigenvalue weighted by atomic mass is 16.5. The van der Waals surface area contributed by atoms with Crippen molar-refractivity contribution in [3.05, 3.63) is 0 Å². The van der Waals surface area contributed by atoms with Crippen LogP contribution < -0.4 is 10.6 Å². The van der Waals surface area contributed by atoms with Crippen LogP contribution in [-0.2, 0) is 33.5 Å². The summed E-state index contributed by atoms with van der Waals surface area (Å²) >= 11 is 0. The van der Waals surface area contributed by atoms with Crippen molar-refractivity contribution < 1.29 is 33.5 Å². The minimum Gasteiger partial charge on any atom is -0.452 e. The van der Waals surface area contributed by atoms with Gasteiger partial charge in [-0.05, 0) is 43.9 Å². The Hall–Kier alpha value is -3.18. The summed E-state index contributed by atoms with van der Waals surface area (Å²) in [6.45, 7) is 12.9. The molecule has 0 unspecified atom stereocenters. The van der Waals surface area contributed by atoms with E-state index < -0.39 is 65.8 Å². The third-order valence-electron chi connectivity index (χ3n) is 7.89. The van der Waals surface area contributed by atoms with Crippen molar-refractivity contribution in [2.75, 3.05) is 27.2 Å². The molecule has 2 fully saturated rings. The van der Waals surface area contributed by atoms with Gasteiger partial charge in [-0.3, -0.25) is 28.8 Å². The summed E-state index contributed by atoms with van der Waals surface area (Å²) in [7, 11) is 3.02. The van der Waals surface area contributed by atoms with E-state index in [1.807, 2.05) is 27.7 Å². The van der Waals surface area contributed by atoms with Gasteiger partial charge in [-0.2, -0.15) is 0 Å². The number of likely N-dealkylation sites (N-methyl/N-ethyl adjacent to an activating group) is 2. The van der Waals surface area contributed by atoms with Crippen molar-refractivity contribution in [2.24, 2.45) is 17.8 Å². The Kier molecular flexibility index (Phi) is 12.1. The molecule has 0 radical (unpaired) electrons. The first-order chi connectivity index (χ1) is 19.1. The lowest BCUT2D eigenvalue weighted by Crippen LogP contribution is -2.60. The Morgan fingerprint density at radius 3 is 2.05 bits per heavy atom. The lowest BCUT2D eigenvalue weighted by atomic mass is 9.97. The number of esters is 1. The first kappa shape index (κ1) is 34.0. The molecule has 2 heterocycles. The number of rotatable bonds is 4. The smallest absolute Gasteiger partial charge is 0.308 e. The summed E-state index contributed by atoms with van der Waals surface area (Å²) in [6.07, 6.45) is 0.0461. The molecule has 41 heavy (non-hydrogen) atoms. The summed E-state index contributed by atoms with van der Waals surface area (Å²) in [6, 6.07) is -3.53. The number of cyclic esters (lactones) is 1. The van der Waals surface area contributed by atoms with E-state index in [9.17, 15) is 28.8 Å². The zero-order chi connectivity index (χ0) is 31.2. The Labute approximate surface area is 243 Å². The van der Waals surface area contributed by atoms with Crippen molar-refractivity contribution in [3.8, 4) is 0 Å². The van der Waals surface area contributed by atoms with E-state index >= 15 is 0 Å². The van der Waals surface area contributed by atoms with Gasteiger partial charge in [-0.15, -0.1) is 0 Å². The molecule has 2 rings (SSSR count). The van der Waals surface area contributed by atoms with Crippen molar-refractivity contribution in [1.29, 1.82) is 0 Å². The topological polar surface area (TPSA) is 145 Å². The number of amides is 5. The molecule has 0 aliphatic carbocycles. The number of nitrogens with one attached hydrogen (secondary N) is 2. The van der Waals surface area contributed by atoms with Gasteiger partial charge in [0.2, 0.25) is 23.6 Å². The SMILES string of the molecule is CC(C)C[C@H]1OC(=O)CCNC(=O)[C@H](C)N(C)C(=O)[C@H](C(C)C)N(C)C(=O)[C@H](C(C)C)NC(=O)[C@@H]2CCCN2C1=O. The minimum absolute atomic E-state index is 0.0363. The maximum absolute atomic E-state index is 13.8. The van der Waals surface area contributed by atoms with E-state index in [0.29, 0.717) is 19.4 Å². The Morgan fingerprint density at radius 1 is 0.854 bits per heavy atom. The molecule has 12 heteroatoms. The number of carbonyl (C=O) groups is 6. The second-order valence-corrected chi connectivity index (χ2v) is 12.3. The molecule has 12 nitrogen and oxygen atoms in total. The number of hydrogen-bond donors (Lipinski definition) is 2. The van der Waals surface area contributed by atoms with Crippen LogP contribution in [0, 0.1) is 17.8 Å². The van der Waals surface area contributed by atoms with Crippen LogP contribution in [0.4, 0.5) is 0 Å². The van der Waals surface area contributed by atoms with Crippen molar-refractivity contribution in [3.63, 3.8) is 0 Å². The van der Waals surface area contributed by atoms with E-state index in [1.165, 1.54) is 28.8 Å². The fourth-order valence-corrected chi connectivity index (χ4v) is 5.36. The quantitative estimate of drug-likeness (QED) is 0.471. The summed E-state index contributed by atoms with van der Waals surface area (Å²) in [5, 5.41) is 5.51. The second-order valence-electron chi connectivity index (χ2n) is 12.3. The molecule has 5 amide bonds. The molecule has 0 aromatic heterocycles. The number of nitrogens with zero attached hydrogens (tertiary/aromatic N) is 3. The Morgan fingerprint density at radius 2 is 1.49 bits per heavy atom. The van der Waals surface area contributed by atoms with Crippen LogP contribution in [0.3, 0.4) is 0 Å². The van der Waals surface area contributed by atoms with Gasteiger partial charge < -0.3 is 30.1 Å². The highest BCUT2D eigenvalue weighted by Gasteiger charge is 2.42. The van der Waals surface area contributed by atoms with Crippen molar-refractivity contribution in [2.45, 2.75) is 104 Å². The third-order valence-corrected chi connectivity index (χ3v) is 7.89. The summed E-state index contributed by atoms with van der Waals surface area (Å²) < 4.78 is 5.58. The second kappa shape index (κ2) is 14.6. The summed E-state index contributed by atoms with van der Waals surface area (Å²) in [5.74, 6) is -3.45. The van der Waals surface area contributed by atoms with Crippen molar-refractivity contribution in [1.82, 2.24) is 25.3 Å². The van der Waals surface area contributed by atoms with Gasteiger partial charge in [-0.1, -0.05) is 41.5 Å². The fourth-order valence-electron chi connectivity index (χ4n) is 5.36. The molecular formula is C29H49N5O7. The zero-order valence-electron chi connectivity index (χ0n) is 26.1. The van der Waals surface area contributed by atoms with Crippen LogP contribution >= 0.6 is 0 Å². The molecule has 5 atom stereocenters. The van der Waals surface area contributed by atoms with Crippen LogP contribution in [0.25, 0.3) is 0 Å².